The number of hydrogen-bond acceptors (Lipinski definition) is 5. The van der Waals surface area contributed by atoms with E-state index in [1.54, 1.807) is 18.2 Å². The van der Waals surface area contributed by atoms with Gasteiger partial charge in [0.05, 0.1) is 12.7 Å². The summed E-state index contributed by atoms with van der Waals surface area (Å²) in [6.45, 7) is -0.242. The van der Waals surface area contributed by atoms with Crippen LogP contribution in [0.5, 0.6) is 0 Å². The number of amides is 1. The first-order chi connectivity index (χ1) is 13.6. The Hall–Kier alpha value is -3.67. The largest absolute Gasteiger partial charge is 0.459 e. The van der Waals surface area contributed by atoms with Crippen molar-refractivity contribution >= 4 is 17.7 Å². The van der Waals surface area contributed by atoms with Crippen LogP contribution in [0.1, 0.15) is 27.3 Å². The lowest BCUT2D eigenvalue weighted by Crippen LogP contribution is -2.26. The van der Waals surface area contributed by atoms with Gasteiger partial charge in [-0.25, -0.2) is 0 Å². The third kappa shape index (κ3) is 5.17. The first kappa shape index (κ1) is 19.1. The topological polar surface area (TPSA) is 85.6 Å². The van der Waals surface area contributed by atoms with E-state index < -0.39 is 11.9 Å². The number of hydrogen-bond donors (Lipinski definition) is 1. The minimum absolute atomic E-state index is 0.0350. The Balaban J connectivity index is 1.42. The van der Waals surface area contributed by atoms with Crippen LogP contribution in [0.15, 0.2) is 77.4 Å². The molecule has 3 rings (SSSR count). The molecule has 2 aromatic carbocycles. The molecule has 0 fully saturated rings. The summed E-state index contributed by atoms with van der Waals surface area (Å²) < 4.78 is 9.93. The molecule has 0 unspecified atom stereocenters. The molecule has 0 saturated carbocycles. The lowest BCUT2D eigenvalue weighted by atomic mass is 10.0. The predicted octanol–water partition coefficient (Wildman–Crippen LogP) is 3.49. The van der Waals surface area contributed by atoms with Crippen LogP contribution in [0.3, 0.4) is 0 Å². The van der Waals surface area contributed by atoms with Crippen molar-refractivity contribution in [2.24, 2.45) is 0 Å². The SMILES string of the molecule is O=C(CCNC(=O)c1ccco1)OCC(=O)c1ccc(-c2ccccc2)cc1. The van der Waals surface area contributed by atoms with E-state index in [4.69, 9.17) is 9.15 Å². The normalized spacial score (nSPS) is 10.3. The van der Waals surface area contributed by atoms with Gasteiger partial charge in [-0.3, -0.25) is 14.4 Å². The maximum atomic E-state index is 12.2. The summed E-state index contributed by atoms with van der Waals surface area (Å²) in [6.07, 6.45) is 1.36. The number of ether oxygens (including phenoxy) is 1. The molecule has 0 aliphatic carbocycles. The van der Waals surface area contributed by atoms with E-state index in [0.29, 0.717) is 5.56 Å². The fourth-order valence-corrected chi connectivity index (χ4v) is 2.55. The number of carbonyl (C=O) groups is 3. The second-order valence-electron chi connectivity index (χ2n) is 6.01. The summed E-state index contributed by atoms with van der Waals surface area (Å²) in [4.78, 5) is 35.6. The van der Waals surface area contributed by atoms with Crippen molar-refractivity contribution in [2.75, 3.05) is 13.2 Å². The van der Waals surface area contributed by atoms with Crippen LogP contribution in [-0.4, -0.2) is 30.8 Å². The number of benzene rings is 2. The van der Waals surface area contributed by atoms with Gasteiger partial charge in [0, 0.05) is 12.1 Å². The van der Waals surface area contributed by atoms with Crippen molar-refractivity contribution in [1.29, 1.82) is 0 Å². The van der Waals surface area contributed by atoms with E-state index in [1.165, 1.54) is 12.3 Å². The minimum Gasteiger partial charge on any atom is -0.459 e. The third-order valence-corrected chi connectivity index (χ3v) is 4.04. The summed E-state index contributed by atoms with van der Waals surface area (Å²) in [6, 6.07) is 20.1. The highest BCUT2D eigenvalue weighted by Gasteiger charge is 2.12. The van der Waals surface area contributed by atoms with Crippen molar-refractivity contribution in [1.82, 2.24) is 5.32 Å². The average Bonchev–Trinajstić information content (AvgIpc) is 3.28. The van der Waals surface area contributed by atoms with Crippen LogP contribution < -0.4 is 5.32 Å². The zero-order valence-corrected chi connectivity index (χ0v) is 15.1. The number of Topliss-reactive ketones (excluding diaryl/α,β-unsaturated/α-hetero) is 1. The Morgan fingerprint density at radius 1 is 0.857 bits per heavy atom. The lowest BCUT2D eigenvalue weighted by molar-refractivity contribution is -0.142. The molecule has 0 aliphatic heterocycles. The van der Waals surface area contributed by atoms with Gasteiger partial charge in [0.15, 0.2) is 18.2 Å². The second kappa shape index (κ2) is 9.32. The van der Waals surface area contributed by atoms with Crippen LogP contribution >= 0.6 is 0 Å². The Bertz CT molecular complexity index is 931. The van der Waals surface area contributed by atoms with E-state index in [2.05, 4.69) is 5.32 Å². The highest BCUT2D eigenvalue weighted by molar-refractivity contribution is 5.98. The van der Waals surface area contributed by atoms with Gasteiger partial charge < -0.3 is 14.5 Å². The average molecular weight is 377 g/mol. The highest BCUT2D eigenvalue weighted by Crippen LogP contribution is 2.19. The van der Waals surface area contributed by atoms with Crippen LogP contribution in [0.4, 0.5) is 0 Å². The standard InChI is InChI=1S/C22H19NO5/c24-19(18-10-8-17(9-11-18)16-5-2-1-3-6-16)15-28-21(25)12-13-23-22(26)20-7-4-14-27-20/h1-11,14H,12-13,15H2,(H,23,26). The molecule has 3 aromatic rings. The molecule has 28 heavy (non-hydrogen) atoms. The molecular formula is C22H19NO5. The van der Waals surface area contributed by atoms with E-state index in [-0.39, 0.29) is 31.1 Å². The van der Waals surface area contributed by atoms with Crippen molar-refractivity contribution < 1.29 is 23.5 Å². The van der Waals surface area contributed by atoms with Gasteiger partial charge in [-0.2, -0.15) is 0 Å². The molecule has 0 aliphatic rings. The van der Waals surface area contributed by atoms with E-state index in [9.17, 15) is 14.4 Å². The molecule has 0 radical (unpaired) electrons. The maximum absolute atomic E-state index is 12.2. The predicted molar refractivity (Wildman–Crippen MR) is 103 cm³/mol. The van der Waals surface area contributed by atoms with Crippen LogP contribution in [-0.2, 0) is 9.53 Å². The van der Waals surface area contributed by atoms with E-state index >= 15 is 0 Å². The van der Waals surface area contributed by atoms with Gasteiger partial charge in [-0.1, -0.05) is 54.6 Å². The van der Waals surface area contributed by atoms with Crippen molar-refractivity contribution in [3.63, 3.8) is 0 Å². The van der Waals surface area contributed by atoms with Crippen LogP contribution in [0.2, 0.25) is 0 Å². The molecule has 1 N–H and O–H groups in total. The second-order valence-corrected chi connectivity index (χ2v) is 6.01. The van der Waals surface area contributed by atoms with Crippen molar-refractivity contribution in [3.05, 3.63) is 84.3 Å². The Kier molecular flexibility index (Phi) is 6.36. The first-order valence-corrected chi connectivity index (χ1v) is 8.79. The number of esters is 1. The summed E-state index contributed by atoms with van der Waals surface area (Å²) in [5.74, 6) is -1.09. The highest BCUT2D eigenvalue weighted by atomic mass is 16.5. The smallest absolute Gasteiger partial charge is 0.308 e. The molecule has 6 heteroatoms. The fraction of sp³-hybridized carbons (Fsp3) is 0.136. The van der Waals surface area contributed by atoms with Gasteiger partial charge >= 0.3 is 5.97 Å². The summed E-state index contributed by atoms with van der Waals surface area (Å²) in [5, 5.41) is 2.54. The number of rotatable bonds is 8. The molecule has 142 valence electrons. The van der Waals surface area contributed by atoms with E-state index in [1.807, 2.05) is 42.5 Å². The summed E-state index contributed by atoms with van der Waals surface area (Å²) in [5.41, 5.74) is 2.53. The zero-order chi connectivity index (χ0) is 19.8. The van der Waals surface area contributed by atoms with Gasteiger partial charge in [0.25, 0.3) is 5.91 Å². The fourth-order valence-electron chi connectivity index (χ4n) is 2.55. The molecular weight excluding hydrogens is 358 g/mol. The monoisotopic (exact) mass is 377 g/mol. The number of ketones is 1. The number of furan rings is 1. The van der Waals surface area contributed by atoms with Gasteiger partial charge in [0.1, 0.15) is 0 Å². The molecule has 1 heterocycles. The minimum atomic E-state index is -0.561. The Morgan fingerprint density at radius 3 is 2.25 bits per heavy atom. The molecule has 0 spiro atoms. The molecule has 1 aromatic heterocycles. The molecule has 6 nitrogen and oxygen atoms in total. The number of carbonyl (C=O) groups excluding carboxylic acids is 3. The van der Waals surface area contributed by atoms with Crippen LogP contribution in [0, 0.1) is 0 Å². The quantitative estimate of drug-likeness (QED) is 0.480. The van der Waals surface area contributed by atoms with Gasteiger partial charge in [0.2, 0.25) is 0 Å². The lowest BCUT2D eigenvalue weighted by Gasteiger charge is -2.06. The molecule has 0 saturated heterocycles. The van der Waals surface area contributed by atoms with Crippen LogP contribution in [0.25, 0.3) is 11.1 Å². The third-order valence-electron chi connectivity index (χ3n) is 4.04. The summed E-state index contributed by atoms with van der Waals surface area (Å²) >= 11 is 0. The Labute approximate surface area is 162 Å². The molecule has 1 amide bonds. The van der Waals surface area contributed by atoms with Gasteiger partial charge in [-0.05, 0) is 23.3 Å². The van der Waals surface area contributed by atoms with Crippen molar-refractivity contribution in [2.45, 2.75) is 6.42 Å². The van der Waals surface area contributed by atoms with E-state index in [0.717, 1.165) is 11.1 Å². The maximum Gasteiger partial charge on any atom is 0.308 e. The number of nitrogens with one attached hydrogen (secondary N) is 1. The molecule has 0 bridgehead atoms. The zero-order valence-electron chi connectivity index (χ0n) is 15.1. The molecule has 0 atom stereocenters. The summed E-state index contributed by atoms with van der Waals surface area (Å²) in [7, 11) is 0. The van der Waals surface area contributed by atoms with Gasteiger partial charge in [-0.15, -0.1) is 0 Å². The van der Waals surface area contributed by atoms with Crippen molar-refractivity contribution in [3.8, 4) is 11.1 Å². The first-order valence-electron chi connectivity index (χ1n) is 8.79. The Morgan fingerprint density at radius 2 is 1.57 bits per heavy atom.